The second-order valence-corrected chi connectivity index (χ2v) is 7.39. The van der Waals surface area contributed by atoms with Crippen molar-refractivity contribution in [1.29, 1.82) is 0 Å². The van der Waals surface area contributed by atoms with E-state index in [1.54, 1.807) is 0 Å². The van der Waals surface area contributed by atoms with Crippen LogP contribution in [0.5, 0.6) is 11.5 Å². The average molecular weight is 473 g/mol. The molecule has 12 heteroatoms. The molecule has 0 aliphatic carbocycles. The Hall–Kier alpha value is -3.02. The SMILES string of the molecule is NCC(N)(c1ccc2c(c1)OC(F)(F)O2)c1cc(-c2ccc(C(F)(F)F)c(Cl)c2)ncn1. The number of aromatic nitrogens is 2. The standard InChI is InChI=1S/C20H14ClF5N4O2/c21-13-5-10(1-3-12(13)19(22,23)24)14-7-17(30-9-29-14)18(28,8-27)11-2-4-15-16(6-11)32-20(25,26)31-15/h1-7,9H,8,27-28H2. The van der Waals surface area contributed by atoms with E-state index in [9.17, 15) is 22.0 Å². The van der Waals surface area contributed by atoms with Gasteiger partial charge in [0.2, 0.25) is 0 Å². The van der Waals surface area contributed by atoms with Gasteiger partial charge in [-0.2, -0.15) is 13.2 Å². The fourth-order valence-corrected chi connectivity index (χ4v) is 3.55. The highest BCUT2D eigenvalue weighted by Gasteiger charge is 2.44. The zero-order valence-electron chi connectivity index (χ0n) is 16.0. The van der Waals surface area contributed by atoms with Gasteiger partial charge < -0.3 is 20.9 Å². The van der Waals surface area contributed by atoms with E-state index >= 15 is 0 Å². The van der Waals surface area contributed by atoms with Crippen LogP contribution in [0.2, 0.25) is 5.02 Å². The van der Waals surface area contributed by atoms with Crippen LogP contribution in [0.4, 0.5) is 22.0 Å². The highest BCUT2D eigenvalue weighted by molar-refractivity contribution is 6.31. The number of benzene rings is 2. The largest absolute Gasteiger partial charge is 0.586 e. The normalized spacial score (nSPS) is 16.6. The molecule has 6 nitrogen and oxygen atoms in total. The van der Waals surface area contributed by atoms with Crippen LogP contribution >= 0.6 is 11.6 Å². The van der Waals surface area contributed by atoms with Crippen LogP contribution in [-0.4, -0.2) is 22.8 Å². The lowest BCUT2D eigenvalue weighted by atomic mass is 9.86. The predicted octanol–water partition coefficient (Wildman–Crippen LogP) is 4.30. The molecular formula is C20H14ClF5N4O2. The number of rotatable bonds is 4. The first kappa shape index (κ1) is 22.2. The summed E-state index contributed by atoms with van der Waals surface area (Å²) < 4.78 is 74.4. The number of ether oxygens (including phenoxy) is 2. The smallest absolute Gasteiger partial charge is 0.395 e. The number of alkyl halides is 5. The molecule has 2 aromatic carbocycles. The molecule has 0 saturated carbocycles. The third-order valence-corrected chi connectivity index (χ3v) is 5.25. The van der Waals surface area contributed by atoms with Gasteiger partial charge in [-0.1, -0.05) is 23.7 Å². The first-order valence-electron chi connectivity index (χ1n) is 9.02. The Morgan fingerprint density at radius 1 is 0.969 bits per heavy atom. The van der Waals surface area contributed by atoms with E-state index < -0.39 is 28.6 Å². The van der Waals surface area contributed by atoms with Gasteiger partial charge in [-0.15, -0.1) is 8.78 Å². The number of fused-ring (bicyclic) bond motifs is 1. The minimum Gasteiger partial charge on any atom is -0.395 e. The van der Waals surface area contributed by atoms with Crippen molar-refractivity contribution in [3.8, 4) is 22.8 Å². The Labute approximate surface area is 182 Å². The van der Waals surface area contributed by atoms with Gasteiger partial charge in [0, 0.05) is 12.1 Å². The maximum Gasteiger partial charge on any atom is 0.586 e. The van der Waals surface area contributed by atoms with Gasteiger partial charge >= 0.3 is 12.5 Å². The van der Waals surface area contributed by atoms with Gasteiger partial charge in [-0.3, -0.25) is 0 Å². The summed E-state index contributed by atoms with van der Waals surface area (Å²) in [6.45, 7) is -0.187. The molecule has 0 amide bonds. The molecule has 0 fully saturated rings. The van der Waals surface area contributed by atoms with Crippen LogP contribution in [0.15, 0.2) is 48.8 Å². The Morgan fingerprint density at radius 3 is 2.34 bits per heavy atom. The Balaban J connectivity index is 1.73. The maximum absolute atomic E-state index is 13.3. The Kier molecular flexibility index (Phi) is 5.23. The molecular weight excluding hydrogens is 459 g/mol. The molecule has 32 heavy (non-hydrogen) atoms. The van der Waals surface area contributed by atoms with Gasteiger partial charge in [0.15, 0.2) is 11.5 Å². The van der Waals surface area contributed by atoms with Crippen LogP contribution in [0.25, 0.3) is 11.3 Å². The summed E-state index contributed by atoms with van der Waals surface area (Å²) >= 11 is 5.80. The van der Waals surface area contributed by atoms with Crippen molar-refractivity contribution in [3.05, 3.63) is 70.6 Å². The van der Waals surface area contributed by atoms with Crippen LogP contribution in [-0.2, 0) is 11.7 Å². The van der Waals surface area contributed by atoms with Crippen molar-refractivity contribution < 1.29 is 31.4 Å². The molecule has 1 unspecified atom stereocenters. The van der Waals surface area contributed by atoms with E-state index in [4.69, 9.17) is 23.1 Å². The summed E-state index contributed by atoms with van der Waals surface area (Å²) in [6.07, 6.45) is -7.24. The molecule has 0 bridgehead atoms. The number of nitrogens with zero attached hydrogens (tertiary/aromatic N) is 2. The second-order valence-electron chi connectivity index (χ2n) is 6.99. The quantitative estimate of drug-likeness (QED) is 0.550. The number of hydrogen-bond donors (Lipinski definition) is 2. The highest BCUT2D eigenvalue weighted by atomic mass is 35.5. The third-order valence-electron chi connectivity index (χ3n) is 4.93. The van der Waals surface area contributed by atoms with Crippen LogP contribution < -0.4 is 20.9 Å². The lowest BCUT2D eigenvalue weighted by molar-refractivity contribution is -0.286. The van der Waals surface area contributed by atoms with Crippen molar-refractivity contribution in [2.24, 2.45) is 11.5 Å². The monoisotopic (exact) mass is 472 g/mol. The predicted molar refractivity (Wildman–Crippen MR) is 104 cm³/mol. The van der Waals surface area contributed by atoms with E-state index in [0.717, 1.165) is 18.5 Å². The van der Waals surface area contributed by atoms with E-state index in [-0.39, 0.29) is 35.0 Å². The lowest BCUT2D eigenvalue weighted by Crippen LogP contribution is -2.45. The fraction of sp³-hybridized carbons (Fsp3) is 0.200. The van der Waals surface area contributed by atoms with Crippen LogP contribution in [0.3, 0.4) is 0 Å². The molecule has 0 radical (unpaired) electrons. The van der Waals surface area contributed by atoms with E-state index in [1.165, 1.54) is 30.3 Å². The summed E-state index contributed by atoms with van der Waals surface area (Å²) in [6, 6.07) is 8.58. The van der Waals surface area contributed by atoms with Crippen LogP contribution in [0, 0.1) is 0 Å². The first-order valence-corrected chi connectivity index (χ1v) is 9.40. The van der Waals surface area contributed by atoms with Crippen molar-refractivity contribution >= 4 is 11.6 Å². The zero-order valence-corrected chi connectivity index (χ0v) is 16.7. The van der Waals surface area contributed by atoms with Gasteiger partial charge in [-0.05, 0) is 35.9 Å². The summed E-state index contributed by atoms with van der Waals surface area (Å²) in [4.78, 5) is 8.21. The van der Waals surface area contributed by atoms with Crippen molar-refractivity contribution in [2.45, 2.75) is 18.0 Å². The zero-order chi connectivity index (χ0) is 23.3. The Morgan fingerprint density at radius 2 is 1.69 bits per heavy atom. The maximum atomic E-state index is 13.3. The molecule has 0 spiro atoms. The molecule has 4 N–H and O–H groups in total. The van der Waals surface area contributed by atoms with Gasteiger partial charge in [0.1, 0.15) is 6.33 Å². The van der Waals surface area contributed by atoms with Crippen molar-refractivity contribution in [2.75, 3.05) is 6.54 Å². The molecule has 1 aromatic heterocycles. The highest BCUT2D eigenvalue weighted by Crippen LogP contribution is 2.43. The van der Waals surface area contributed by atoms with Crippen molar-refractivity contribution in [1.82, 2.24) is 9.97 Å². The van der Waals surface area contributed by atoms with E-state index in [0.29, 0.717) is 5.56 Å². The number of halogens is 6. The van der Waals surface area contributed by atoms with Gasteiger partial charge in [-0.25, -0.2) is 9.97 Å². The molecule has 168 valence electrons. The van der Waals surface area contributed by atoms with Crippen molar-refractivity contribution in [3.63, 3.8) is 0 Å². The molecule has 1 atom stereocenters. The first-order chi connectivity index (χ1) is 14.9. The summed E-state index contributed by atoms with van der Waals surface area (Å²) in [5, 5.41) is -0.496. The molecule has 0 saturated heterocycles. The minimum absolute atomic E-state index is 0.166. The summed E-state index contributed by atoms with van der Waals surface area (Å²) in [7, 11) is 0. The summed E-state index contributed by atoms with van der Waals surface area (Å²) in [5.41, 5.74) is 11.0. The second kappa shape index (κ2) is 7.54. The number of nitrogens with two attached hydrogens (primary N) is 2. The van der Waals surface area contributed by atoms with Gasteiger partial charge in [0.25, 0.3) is 0 Å². The Bertz CT molecular complexity index is 1190. The fourth-order valence-electron chi connectivity index (χ4n) is 3.26. The third kappa shape index (κ3) is 3.94. The number of hydrogen-bond acceptors (Lipinski definition) is 6. The molecule has 2 heterocycles. The van der Waals surface area contributed by atoms with Gasteiger partial charge in [0.05, 0.1) is 27.5 Å². The molecule has 4 rings (SSSR count). The minimum atomic E-state index is -4.60. The average Bonchev–Trinajstić information content (AvgIpc) is 3.05. The topological polar surface area (TPSA) is 96.3 Å². The molecule has 1 aliphatic rings. The van der Waals surface area contributed by atoms with E-state index in [1.807, 2.05) is 0 Å². The van der Waals surface area contributed by atoms with Crippen LogP contribution in [0.1, 0.15) is 16.8 Å². The molecule has 3 aromatic rings. The van der Waals surface area contributed by atoms with E-state index in [2.05, 4.69) is 19.4 Å². The molecule has 1 aliphatic heterocycles. The summed E-state index contributed by atoms with van der Waals surface area (Å²) in [5.74, 6) is -0.388. The lowest BCUT2D eigenvalue weighted by Gasteiger charge is -2.28.